The Balaban J connectivity index is 2.13. The van der Waals surface area contributed by atoms with Gasteiger partial charge in [0.25, 0.3) is 0 Å². The number of hydrogen-bond acceptors (Lipinski definition) is 4. The molecule has 0 bridgehead atoms. The van der Waals surface area contributed by atoms with Crippen molar-refractivity contribution in [1.29, 1.82) is 0 Å². The normalized spacial score (nSPS) is 23.6. The number of nitrogens with two attached hydrogens (primary N) is 1. The van der Waals surface area contributed by atoms with Gasteiger partial charge in [-0.3, -0.25) is 5.84 Å². The van der Waals surface area contributed by atoms with Crippen LogP contribution in [0.3, 0.4) is 0 Å². The highest BCUT2D eigenvalue weighted by atomic mass is 15.6. The monoisotopic (exact) mass is 116 g/mol. The Labute approximate surface area is 49.0 Å². The Kier molecular flexibility index (Phi) is 2.23. The molecule has 1 heterocycles. The highest BCUT2D eigenvalue weighted by Crippen LogP contribution is 1.87. The number of rotatable bonds is 1. The second kappa shape index (κ2) is 2.99. The van der Waals surface area contributed by atoms with Crippen LogP contribution in [0.25, 0.3) is 0 Å². The third-order valence-electron chi connectivity index (χ3n) is 1.27. The van der Waals surface area contributed by atoms with Crippen molar-refractivity contribution >= 4 is 0 Å². The summed E-state index contributed by atoms with van der Waals surface area (Å²) in [5.41, 5.74) is 2.57. The van der Waals surface area contributed by atoms with E-state index in [-0.39, 0.29) is 0 Å². The van der Waals surface area contributed by atoms with Gasteiger partial charge in [0.2, 0.25) is 0 Å². The van der Waals surface area contributed by atoms with Gasteiger partial charge in [-0.15, -0.1) is 0 Å². The summed E-state index contributed by atoms with van der Waals surface area (Å²) >= 11 is 0. The van der Waals surface area contributed by atoms with E-state index in [4.69, 9.17) is 5.84 Å². The second-order valence-electron chi connectivity index (χ2n) is 1.90. The van der Waals surface area contributed by atoms with Crippen LogP contribution in [-0.4, -0.2) is 24.8 Å². The lowest BCUT2D eigenvalue weighted by Gasteiger charge is -2.25. The first kappa shape index (κ1) is 5.97. The molecule has 1 rings (SSSR count). The lowest BCUT2D eigenvalue weighted by Crippen LogP contribution is -2.51. The zero-order valence-electron chi connectivity index (χ0n) is 4.85. The van der Waals surface area contributed by atoms with Crippen molar-refractivity contribution in [3.05, 3.63) is 0 Å². The number of nitrogens with one attached hydrogen (secondary N) is 2. The summed E-state index contributed by atoms with van der Waals surface area (Å²) in [5, 5.41) is 5.10. The molecule has 0 aromatic carbocycles. The predicted octanol–water partition coefficient (Wildman–Crippen LogP) is -1.38. The van der Waals surface area contributed by atoms with Gasteiger partial charge < -0.3 is 5.32 Å². The van der Waals surface area contributed by atoms with Gasteiger partial charge in [0.1, 0.15) is 0 Å². The van der Waals surface area contributed by atoms with Crippen LogP contribution in [0, 0.1) is 0 Å². The Morgan fingerprint density at radius 3 is 2.88 bits per heavy atom. The van der Waals surface area contributed by atoms with Crippen LogP contribution < -0.4 is 16.7 Å². The third-order valence-corrected chi connectivity index (χ3v) is 1.27. The molecule has 1 fully saturated rings. The zero-order chi connectivity index (χ0) is 5.82. The zero-order valence-corrected chi connectivity index (χ0v) is 4.85. The van der Waals surface area contributed by atoms with E-state index in [9.17, 15) is 0 Å². The maximum absolute atomic E-state index is 5.14. The van der Waals surface area contributed by atoms with Gasteiger partial charge in [-0.25, -0.2) is 5.01 Å². The number of hydrogen-bond donors (Lipinski definition) is 3. The number of nitrogens with zero attached hydrogens (tertiary/aromatic N) is 1. The predicted molar refractivity (Wildman–Crippen MR) is 31.5 cm³/mol. The van der Waals surface area contributed by atoms with Gasteiger partial charge in [0.15, 0.2) is 0 Å². The standard InChI is InChI=1S/C4H12N4/c5-7-8-3-1-2-6-4-8/h6-7H,1-5H2. The maximum Gasteiger partial charge on any atom is 0.0634 e. The summed E-state index contributed by atoms with van der Waals surface area (Å²) in [5.74, 6) is 5.14. The van der Waals surface area contributed by atoms with Crippen molar-refractivity contribution in [2.24, 2.45) is 5.84 Å². The fourth-order valence-corrected chi connectivity index (χ4v) is 0.798. The lowest BCUT2D eigenvalue weighted by molar-refractivity contribution is 0.145. The van der Waals surface area contributed by atoms with Crippen molar-refractivity contribution in [2.45, 2.75) is 6.42 Å². The topological polar surface area (TPSA) is 53.3 Å². The highest BCUT2D eigenvalue weighted by Gasteiger charge is 2.04. The molecule has 0 radical (unpaired) electrons. The maximum atomic E-state index is 5.14. The summed E-state index contributed by atoms with van der Waals surface area (Å²) in [6.45, 7) is 3.01. The molecular formula is C4H12N4. The molecule has 4 heteroatoms. The Hall–Kier alpha value is -0.160. The molecule has 1 saturated heterocycles. The third kappa shape index (κ3) is 1.41. The first-order valence-electron chi connectivity index (χ1n) is 2.85. The van der Waals surface area contributed by atoms with Crippen LogP contribution in [0.1, 0.15) is 6.42 Å². The minimum atomic E-state index is 0.858. The molecule has 0 aromatic heterocycles. The van der Waals surface area contributed by atoms with E-state index < -0.39 is 0 Å². The summed E-state index contributed by atoms with van der Waals surface area (Å²) in [7, 11) is 0. The molecule has 1 aliphatic rings. The van der Waals surface area contributed by atoms with Crippen molar-refractivity contribution in [2.75, 3.05) is 19.8 Å². The molecule has 0 aliphatic carbocycles. The molecule has 0 aromatic rings. The molecule has 8 heavy (non-hydrogen) atoms. The minimum absolute atomic E-state index is 0.858. The van der Waals surface area contributed by atoms with Crippen LogP contribution >= 0.6 is 0 Å². The van der Waals surface area contributed by atoms with Crippen LogP contribution in [0.5, 0.6) is 0 Å². The molecular weight excluding hydrogens is 104 g/mol. The highest BCUT2D eigenvalue weighted by molar-refractivity contribution is 4.57. The van der Waals surface area contributed by atoms with Crippen molar-refractivity contribution in [3.63, 3.8) is 0 Å². The summed E-state index contributed by atoms with van der Waals surface area (Å²) < 4.78 is 0. The van der Waals surface area contributed by atoms with Crippen molar-refractivity contribution in [3.8, 4) is 0 Å². The lowest BCUT2D eigenvalue weighted by atomic mass is 10.4. The Bertz CT molecular complexity index is 59.1. The van der Waals surface area contributed by atoms with E-state index in [1.807, 2.05) is 5.01 Å². The SMILES string of the molecule is NNN1CCCNC1. The largest absolute Gasteiger partial charge is 0.303 e. The summed E-state index contributed by atoms with van der Waals surface area (Å²) in [6, 6.07) is 0. The second-order valence-corrected chi connectivity index (χ2v) is 1.90. The van der Waals surface area contributed by atoms with Gasteiger partial charge in [-0.1, -0.05) is 0 Å². The fourth-order valence-electron chi connectivity index (χ4n) is 0.798. The van der Waals surface area contributed by atoms with Crippen molar-refractivity contribution < 1.29 is 0 Å². The van der Waals surface area contributed by atoms with Gasteiger partial charge in [0, 0.05) is 6.54 Å². The van der Waals surface area contributed by atoms with Gasteiger partial charge in [0.05, 0.1) is 6.67 Å². The average molecular weight is 116 g/mol. The molecule has 0 unspecified atom stereocenters. The minimum Gasteiger partial charge on any atom is -0.303 e. The van der Waals surface area contributed by atoms with E-state index >= 15 is 0 Å². The van der Waals surface area contributed by atoms with Crippen LogP contribution in [0.4, 0.5) is 0 Å². The molecule has 4 N–H and O–H groups in total. The first-order valence-corrected chi connectivity index (χ1v) is 2.85. The molecule has 0 saturated carbocycles. The van der Waals surface area contributed by atoms with Crippen LogP contribution in [-0.2, 0) is 0 Å². The van der Waals surface area contributed by atoms with Gasteiger partial charge in [-0.2, -0.15) is 5.53 Å². The number of hydrazine groups is 2. The van der Waals surface area contributed by atoms with E-state index in [2.05, 4.69) is 10.9 Å². The summed E-state index contributed by atoms with van der Waals surface area (Å²) in [6.07, 6.45) is 1.17. The van der Waals surface area contributed by atoms with Crippen LogP contribution in [0.2, 0.25) is 0 Å². The average Bonchev–Trinajstić information content (AvgIpc) is 1.90. The molecule has 0 spiro atoms. The molecule has 0 amide bonds. The van der Waals surface area contributed by atoms with Crippen molar-refractivity contribution in [1.82, 2.24) is 15.9 Å². The summed E-state index contributed by atoms with van der Waals surface area (Å²) in [4.78, 5) is 0. The van der Waals surface area contributed by atoms with Gasteiger partial charge >= 0.3 is 0 Å². The molecule has 0 atom stereocenters. The van der Waals surface area contributed by atoms with E-state index in [0.29, 0.717) is 0 Å². The van der Waals surface area contributed by atoms with E-state index in [1.54, 1.807) is 0 Å². The van der Waals surface area contributed by atoms with Gasteiger partial charge in [-0.05, 0) is 13.0 Å². The fraction of sp³-hybridized carbons (Fsp3) is 1.00. The first-order chi connectivity index (χ1) is 3.93. The quantitative estimate of drug-likeness (QED) is 0.292. The Morgan fingerprint density at radius 2 is 2.50 bits per heavy atom. The molecule has 4 nitrogen and oxygen atoms in total. The molecule has 48 valence electrons. The smallest absolute Gasteiger partial charge is 0.0634 e. The Morgan fingerprint density at radius 1 is 1.62 bits per heavy atom. The van der Waals surface area contributed by atoms with E-state index in [0.717, 1.165) is 19.8 Å². The van der Waals surface area contributed by atoms with E-state index in [1.165, 1.54) is 6.42 Å². The van der Waals surface area contributed by atoms with Crippen LogP contribution in [0.15, 0.2) is 0 Å². The molecule has 1 aliphatic heterocycles.